The van der Waals surface area contributed by atoms with Crippen LogP contribution in [0.3, 0.4) is 0 Å². The fraction of sp³-hybridized carbons (Fsp3) is 0.158. The van der Waals surface area contributed by atoms with Gasteiger partial charge in [-0.25, -0.2) is 19.9 Å². The molecule has 0 aliphatic heterocycles. The standard InChI is InChI=1S/C19H15ClN8S/c1-9(25-18-16-17(22-7-21-16)23-8-24-18)12-6-11-4-3-5-13(20)14(11)26-15(12)19-28-27-10(2)29-19/h3-9H,1-2H3,(H2,21,22,23,24,25)/t9-/m0/s1. The second-order valence-corrected chi connectivity index (χ2v) is 8.14. The molecule has 0 aliphatic rings. The first kappa shape index (κ1) is 17.9. The van der Waals surface area contributed by atoms with Gasteiger partial charge >= 0.3 is 0 Å². The Morgan fingerprint density at radius 2 is 2.07 bits per heavy atom. The van der Waals surface area contributed by atoms with Gasteiger partial charge in [0.05, 0.1) is 22.9 Å². The van der Waals surface area contributed by atoms with Crippen molar-refractivity contribution in [3.8, 4) is 10.7 Å². The van der Waals surface area contributed by atoms with Gasteiger partial charge in [0.1, 0.15) is 22.5 Å². The largest absolute Gasteiger partial charge is 0.362 e. The van der Waals surface area contributed by atoms with Crippen LogP contribution >= 0.6 is 22.9 Å². The lowest BCUT2D eigenvalue weighted by molar-refractivity contribution is 0.871. The van der Waals surface area contributed by atoms with Gasteiger partial charge in [-0.15, -0.1) is 10.2 Å². The molecule has 0 amide bonds. The number of nitrogens with zero attached hydrogens (tertiary/aromatic N) is 6. The summed E-state index contributed by atoms with van der Waals surface area (Å²) in [6, 6.07) is 7.72. The summed E-state index contributed by atoms with van der Waals surface area (Å²) in [6.07, 6.45) is 3.09. The monoisotopic (exact) mass is 422 g/mol. The topological polar surface area (TPSA) is 105 Å². The van der Waals surface area contributed by atoms with Crippen LogP contribution in [0.25, 0.3) is 32.8 Å². The first-order valence-electron chi connectivity index (χ1n) is 8.90. The summed E-state index contributed by atoms with van der Waals surface area (Å²) >= 11 is 7.90. The normalized spacial score (nSPS) is 12.5. The number of aromatic amines is 1. The zero-order chi connectivity index (χ0) is 20.0. The molecule has 0 fully saturated rings. The summed E-state index contributed by atoms with van der Waals surface area (Å²) in [4.78, 5) is 20.7. The van der Waals surface area contributed by atoms with Crippen molar-refractivity contribution in [2.24, 2.45) is 0 Å². The summed E-state index contributed by atoms with van der Waals surface area (Å²) in [6.45, 7) is 3.97. The number of para-hydroxylation sites is 1. The Morgan fingerprint density at radius 1 is 1.17 bits per heavy atom. The van der Waals surface area contributed by atoms with Crippen LogP contribution in [0.5, 0.6) is 0 Å². The van der Waals surface area contributed by atoms with Crippen molar-refractivity contribution in [3.63, 3.8) is 0 Å². The zero-order valence-electron chi connectivity index (χ0n) is 15.5. The Labute approximate surface area is 174 Å². The maximum atomic E-state index is 6.40. The predicted octanol–water partition coefficient (Wildman–Crippen LogP) is 4.55. The van der Waals surface area contributed by atoms with Gasteiger partial charge in [0.25, 0.3) is 0 Å². The number of aryl methyl sites for hydroxylation is 1. The molecule has 0 aliphatic carbocycles. The van der Waals surface area contributed by atoms with Gasteiger partial charge in [-0.3, -0.25) is 0 Å². The Bertz CT molecular complexity index is 1340. The fourth-order valence-corrected chi connectivity index (χ4v) is 4.16. The van der Waals surface area contributed by atoms with Crippen molar-refractivity contribution in [1.82, 2.24) is 35.1 Å². The number of pyridine rings is 1. The van der Waals surface area contributed by atoms with Gasteiger partial charge in [0, 0.05) is 10.9 Å². The van der Waals surface area contributed by atoms with Crippen molar-refractivity contribution >= 4 is 50.8 Å². The fourth-order valence-electron chi connectivity index (χ4n) is 3.23. The van der Waals surface area contributed by atoms with Gasteiger partial charge < -0.3 is 10.3 Å². The van der Waals surface area contributed by atoms with Crippen LogP contribution in [-0.4, -0.2) is 35.1 Å². The average molecular weight is 423 g/mol. The molecule has 1 atom stereocenters. The molecule has 0 radical (unpaired) electrons. The van der Waals surface area contributed by atoms with E-state index in [9.17, 15) is 0 Å². The van der Waals surface area contributed by atoms with E-state index in [1.807, 2.05) is 25.1 Å². The van der Waals surface area contributed by atoms with Gasteiger partial charge in [-0.05, 0) is 26.0 Å². The van der Waals surface area contributed by atoms with E-state index in [1.165, 1.54) is 17.7 Å². The number of aromatic nitrogens is 7. The number of rotatable bonds is 4. The maximum absolute atomic E-state index is 6.40. The van der Waals surface area contributed by atoms with Crippen molar-refractivity contribution in [2.75, 3.05) is 5.32 Å². The third kappa shape index (κ3) is 3.18. The Kier molecular flexibility index (Phi) is 4.33. The number of nitrogens with one attached hydrogen (secondary N) is 2. The number of hydrogen-bond acceptors (Lipinski definition) is 8. The second-order valence-electron chi connectivity index (χ2n) is 6.55. The van der Waals surface area contributed by atoms with E-state index in [0.29, 0.717) is 16.5 Å². The summed E-state index contributed by atoms with van der Waals surface area (Å²) in [5.41, 5.74) is 3.84. The highest BCUT2D eigenvalue weighted by atomic mass is 35.5. The van der Waals surface area contributed by atoms with Crippen LogP contribution in [-0.2, 0) is 0 Å². The molecule has 8 nitrogen and oxygen atoms in total. The summed E-state index contributed by atoms with van der Waals surface area (Å²) in [5.74, 6) is 0.672. The molecule has 5 aromatic rings. The van der Waals surface area contributed by atoms with E-state index in [0.717, 1.165) is 37.7 Å². The molecule has 0 spiro atoms. The lowest BCUT2D eigenvalue weighted by Crippen LogP contribution is -2.11. The average Bonchev–Trinajstić information content (AvgIpc) is 3.37. The van der Waals surface area contributed by atoms with Crippen LogP contribution in [0.2, 0.25) is 5.02 Å². The highest BCUT2D eigenvalue weighted by Gasteiger charge is 2.20. The van der Waals surface area contributed by atoms with Crippen LogP contribution in [0.1, 0.15) is 23.5 Å². The maximum Gasteiger partial charge on any atom is 0.182 e. The van der Waals surface area contributed by atoms with E-state index >= 15 is 0 Å². The molecule has 2 N–H and O–H groups in total. The summed E-state index contributed by atoms with van der Waals surface area (Å²) in [5, 5.41) is 15.1. The molecule has 5 rings (SSSR count). The minimum absolute atomic E-state index is 0.119. The minimum Gasteiger partial charge on any atom is -0.362 e. The van der Waals surface area contributed by atoms with Crippen molar-refractivity contribution in [1.29, 1.82) is 0 Å². The number of fused-ring (bicyclic) bond motifs is 2. The first-order chi connectivity index (χ1) is 14.1. The smallest absolute Gasteiger partial charge is 0.182 e. The minimum atomic E-state index is -0.119. The Hall–Kier alpha value is -3.17. The third-order valence-corrected chi connectivity index (χ3v) is 5.75. The van der Waals surface area contributed by atoms with Crippen LogP contribution in [0, 0.1) is 6.92 Å². The number of H-pyrrole nitrogens is 1. The first-order valence-corrected chi connectivity index (χ1v) is 10.1. The molecule has 0 unspecified atom stereocenters. The van der Waals surface area contributed by atoms with Gasteiger partial charge in [-0.2, -0.15) is 0 Å². The number of hydrogen-bond donors (Lipinski definition) is 2. The number of benzene rings is 1. The number of halogens is 1. The zero-order valence-corrected chi connectivity index (χ0v) is 17.1. The van der Waals surface area contributed by atoms with E-state index in [2.05, 4.69) is 48.4 Å². The van der Waals surface area contributed by atoms with E-state index < -0.39 is 0 Å². The highest BCUT2D eigenvalue weighted by Crippen LogP contribution is 2.35. The molecule has 0 saturated heterocycles. The molecule has 4 heterocycles. The lowest BCUT2D eigenvalue weighted by Gasteiger charge is -2.18. The summed E-state index contributed by atoms with van der Waals surface area (Å²) in [7, 11) is 0. The molecule has 0 bridgehead atoms. The molecule has 144 valence electrons. The van der Waals surface area contributed by atoms with Crippen molar-refractivity contribution in [2.45, 2.75) is 19.9 Å². The summed E-state index contributed by atoms with van der Waals surface area (Å²) < 4.78 is 0. The van der Waals surface area contributed by atoms with Gasteiger partial charge in [0.2, 0.25) is 0 Å². The number of imidazole rings is 1. The number of anilines is 1. The van der Waals surface area contributed by atoms with Crippen LogP contribution < -0.4 is 5.32 Å². The van der Waals surface area contributed by atoms with Gasteiger partial charge in [0.15, 0.2) is 16.5 Å². The van der Waals surface area contributed by atoms with Crippen molar-refractivity contribution < 1.29 is 0 Å². The van der Waals surface area contributed by atoms with Crippen molar-refractivity contribution in [3.05, 3.63) is 52.5 Å². The van der Waals surface area contributed by atoms with E-state index in [-0.39, 0.29) is 6.04 Å². The molecule has 29 heavy (non-hydrogen) atoms. The second kappa shape index (κ2) is 7.02. The predicted molar refractivity (Wildman–Crippen MR) is 114 cm³/mol. The highest BCUT2D eigenvalue weighted by molar-refractivity contribution is 7.14. The third-order valence-electron chi connectivity index (χ3n) is 4.60. The quantitative estimate of drug-likeness (QED) is 0.437. The van der Waals surface area contributed by atoms with Gasteiger partial charge in [-0.1, -0.05) is 35.1 Å². The Morgan fingerprint density at radius 3 is 2.90 bits per heavy atom. The molecule has 10 heteroatoms. The molecule has 0 saturated carbocycles. The molecule has 4 aromatic heterocycles. The van der Waals surface area contributed by atoms with Crippen LogP contribution in [0.4, 0.5) is 5.82 Å². The molecular formula is C19H15ClN8S. The lowest BCUT2D eigenvalue weighted by atomic mass is 10.0. The molecular weight excluding hydrogens is 408 g/mol. The van der Waals surface area contributed by atoms with E-state index in [1.54, 1.807) is 6.33 Å². The SMILES string of the molecule is Cc1nnc(-c2nc3c(Cl)cccc3cc2[C@H](C)Nc2ncnc3nc[nH]c23)s1. The Balaban J connectivity index is 1.65. The van der Waals surface area contributed by atoms with Crippen LogP contribution in [0.15, 0.2) is 36.9 Å². The van der Waals surface area contributed by atoms with E-state index in [4.69, 9.17) is 16.6 Å². The molecule has 1 aromatic carbocycles.